The third-order valence-electron chi connectivity index (χ3n) is 4.79. The van der Waals surface area contributed by atoms with Crippen LogP contribution >= 0.6 is 11.6 Å². The Bertz CT molecular complexity index is 1040. The van der Waals surface area contributed by atoms with Gasteiger partial charge in [-0.1, -0.05) is 23.7 Å². The maximum Gasteiger partial charge on any atom is 0.416 e. The summed E-state index contributed by atoms with van der Waals surface area (Å²) < 4.78 is 41.0. The summed E-state index contributed by atoms with van der Waals surface area (Å²) in [5, 5.41) is 8.08. The monoisotopic (exact) mass is 406 g/mol. The number of nitrogens with zero attached hydrogens (tertiary/aromatic N) is 3. The van der Waals surface area contributed by atoms with Crippen LogP contribution in [0.1, 0.15) is 11.1 Å². The number of hydrogen-bond donors (Lipinski definition) is 1. The van der Waals surface area contributed by atoms with Gasteiger partial charge in [0.15, 0.2) is 0 Å². The fourth-order valence-corrected chi connectivity index (χ4v) is 3.56. The van der Waals surface area contributed by atoms with E-state index in [1.165, 1.54) is 10.7 Å². The second-order valence-corrected chi connectivity index (χ2v) is 7.28. The van der Waals surface area contributed by atoms with Gasteiger partial charge in [0.05, 0.1) is 22.0 Å². The first-order valence-corrected chi connectivity index (χ1v) is 9.14. The fraction of sp³-hybridized carbons (Fsp3) is 0.250. The molecule has 0 amide bonds. The molecular formula is C20H18ClF3N4. The van der Waals surface area contributed by atoms with E-state index in [1.807, 2.05) is 43.3 Å². The highest BCUT2D eigenvalue weighted by molar-refractivity contribution is 6.32. The van der Waals surface area contributed by atoms with Crippen LogP contribution in [0.2, 0.25) is 5.02 Å². The van der Waals surface area contributed by atoms with Gasteiger partial charge in [0.1, 0.15) is 5.82 Å². The number of hydrogen-bond acceptors (Lipinski definition) is 3. The smallest absolute Gasteiger partial charge is 0.378 e. The average Bonchev–Trinajstić information content (AvgIpc) is 3.24. The van der Waals surface area contributed by atoms with Gasteiger partial charge >= 0.3 is 6.18 Å². The lowest BCUT2D eigenvalue weighted by molar-refractivity contribution is -0.137. The number of nitrogens with one attached hydrogen (secondary N) is 1. The molecule has 1 aliphatic rings. The summed E-state index contributed by atoms with van der Waals surface area (Å²) in [6, 6.07) is 11.2. The SMILES string of the molecule is CN(C)c1cccc(-c2nn(-c3cc(C(F)(F)F)ccc3Cl)c3c2CCN3)c1. The van der Waals surface area contributed by atoms with Crippen molar-refractivity contribution in [3.8, 4) is 16.9 Å². The van der Waals surface area contributed by atoms with Crippen LogP contribution in [0.3, 0.4) is 0 Å². The molecule has 0 atom stereocenters. The molecule has 28 heavy (non-hydrogen) atoms. The summed E-state index contributed by atoms with van der Waals surface area (Å²) in [5.41, 5.74) is 3.10. The number of aromatic nitrogens is 2. The second-order valence-electron chi connectivity index (χ2n) is 6.87. The number of anilines is 2. The van der Waals surface area contributed by atoms with E-state index >= 15 is 0 Å². The molecule has 4 rings (SSSR count). The molecule has 0 radical (unpaired) electrons. The van der Waals surface area contributed by atoms with Gasteiger partial charge in [0.2, 0.25) is 0 Å². The standard InChI is InChI=1S/C20H18ClF3N4/c1-27(2)14-5-3-4-12(10-14)18-15-8-9-25-19(15)28(26-18)17-11-13(20(22,23)24)6-7-16(17)21/h3-7,10-11,25H,8-9H2,1-2H3. The topological polar surface area (TPSA) is 33.1 Å². The van der Waals surface area contributed by atoms with Crippen LogP contribution in [0.5, 0.6) is 0 Å². The van der Waals surface area contributed by atoms with Crippen molar-refractivity contribution in [2.24, 2.45) is 0 Å². The number of alkyl halides is 3. The van der Waals surface area contributed by atoms with Crippen molar-refractivity contribution in [2.75, 3.05) is 30.9 Å². The first-order chi connectivity index (χ1) is 13.3. The van der Waals surface area contributed by atoms with Crippen LogP contribution in [0.15, 0.2) is 42.5 Å². The largest absolute Gasteiger partial charge is 0.416 e. The molecule has 0 aliphatic carbocycles. The summed E-state index contributed by atoms with van der Waals surface area (Å²) in [7, 11) is 3.90. The van der Waals surface area contributed by atoms with Gasteiger partial charge in [0, 0.05) is 37.5 Å². The lowest BCUT2D eigenvalue weighted by Crippen LogP contribution is -2.09. The maximum atomic E-state index is 13.2. The van der Waals surface area contributed by atoms with Gasteiger partial charge in [-0.2, -0.15) is 18.3 Å². The minimum absolute atomic E-state index is 0.206. The third kappa shape index (κ3) is 3.20. The van der Waals surface area contributed by atoms with Gasteiger partial charge in [-0.3, -0.25) is 0 Å². The normalized spacial score (nSPS) is 13.4. The number of rotatable bonds is 3. The molecule has 0 spiro atoms. The lowest BCUT2D eigenvalue weighted by Gasteiger charge is -2.13. The van der Waals surface area contributed by atoms with Crippen LogP contribution < -0.4 is 10.2 Å². The molecular weight excluding hydrogens is 389 g/mol. The number of halogens is 4. The first kappa shape index (κ1) is 18.7. The van der Waals surface area contributed by atoms with E-state index in [-0.39, 0.29) is 10.7 Å². The Kier molecular flexibility index (Phi) is 4.50. The van der Waals surface area contributed by atoms with Crippen molar-refractivity contribution in [3.05, 3.63) is 58.6 Å². The van der Waals surface area contributed by atoms with Crippen molar-refractivity contribution < 1.29 is 13.2 Å². The van der Waals surface area contributed by atoms with Gasteiger partial charge in [-0.15, -0.1) is 0 Å². The lowest BCUT2D eigenvalue weighted by atomic mass is 10.1. The van der Waals surface area contributed by atoms with E-state index in [2.05, 4.69) is 10.4 Å². The first-order valence-electron chi connectivity index (χ1n) is 8.76. The predicted molar refractivity (Wildman–Crippen MR) is 106 cm³/mol. The van der Waals surface area contributed by atoms with E-state index in [4.69, 9.17) is 11.6 Å². The highest BCUT2D eigenvalue weighted by Gasteiger charge is 2.32. The van der Waals surface area contributed by atoms with Gasteiger partial charge in [-0.25, -0.2) is 4.68 Å². The number of fused-ring (bicyclic) bond motifs is 1. The zero-order chi connectivity index (χ0) is 20.1. The Balaban J connectivity index is 1.88. The summed E-state index contributed by atoms with van der Waals surface area (Å²) in [6.45, 7) is 0.699. The Morgan fingerprint density at radius 1 is 1.14 bits per heavy atom. The molecule has 146 valence electrons. The van der Waals surface area contributed by atoms with Crippen LogP contribution in [0.25, 0.3) is 16.9 Å². The zero-order valence-electron chi connectivity index (χ0n) is 15.3. The van der Waals surface area contributed by atoms with Crippen molar-refractivity contribution in [3.63, 3.8) is 0 Å². The highest BCUT2D eigenvalue weighted by atomic mass is 35.5. The Morgan fingerprint density at radius 3 is 2.64 bits per heavy atom. The van der Waals surface area contributed by atoms with Crippen LogP contribution in [0, 0.1) is 0 Å². The maximum absolute atomic E-state index is 13.2. The van der Waals surface area contributed by atoms with E-state index in [0.29, 0.717) is 12.4 Å². The molecule has 8 heteroatoms. The van der Waals surface area contributed by atoms with E-state index in [9.17, 15) is 13.2 Å². The molecule has 0 fully saturated rings. The molecule has 3 aromatic rings. The summed E-state index contributed by atoms with van der Waals surface area (Å²) in [6.07, 6.45) is -3.71. The third-order valence-corrected chi connectivity index (χ3v) is 5.11. The van der Waals surface area contributed by atoms with E-state index < -0.39 is 11.7 Å². The molecule has 0 saturated heterocycles. The fourth-order valence-electron chi connectivity index (χ4n) is 3.36. The predicted octanol–water partition coefficient (Wildman–Crippen LogP) is 5.25. The van der Waals surface area contributed by atoms with Gasteiger partial charge in [0.25, 0.3) is 0 Å². The molecule has 2 heterocycles. The van der Waals surface area contributed by atoms with Crippen molar-refractivity contribution in [2.45, 2.75) is 12.6 Å². The molecule has 1 N–H and O–H groups in total. The molecule has 0 saturated carbocycles. The van der Waals surface area contributed by atoms with Crippen molar-refractivity contribution in [1.29, 1.82) is 0 Å². The van der Waals surface area contributed by atoms with Crippen LogP contribution in [0.4, 0.5) is 24.7 Å². The Morgan fingerprint density at radius 2 is 1.93 bits per heavy atom. The summed E-state index contributed by atoms with van der Waals surface area (Å²) >= 11 is 6.24. The molecule has 0 bridgehead atoms. The highest BCUT2D eigenvalue weighted by Crippen LogP contribution is 2.39. The molecule has 1 aliphatic heterocycles. The Labute approximate surface area is 165 Å². The molecule has 2 aromatic carbocycles. The Hall–Kier alpha value is -2.67. The summed E-state index contributed by atoms with van der Waals surface area (Å²) in [5.74, 6) is 0.687. The van der Waals surface area contributed by atoms with Crippen molar-refractivity contribution >= 4 is 23.1 Å². The quantitative estimate of drug-likeness (QED) is 0.645. The van der Waals surface area contributed by atoms with Crippen LogP contribution in [-0.2, 0) is 12.6 Å². The minimum Gasteiger partial charge on any atom is -0.378 e. The molecule has 4 nitrogen and oxygen atoms in total. The average molecular weight is 407 g/mol. The van der Waals surface area contributed by atoms with Gasteiger partial charge in [-0.05, 0) is 36.8 Å². The molecule has 1 aromatic heterocycles. The van der Waals surface area contributed by atoms with E-state index in [1.54, 1.807) is 0 Å². The number of benzene rings is 2. The van der Waals surface area contributed by atoms with Crippen molar-refractivity contribution in [1.82, 2.24) is 9.78 Å². The second kappa shape index (κ2) is 6.74. The van der Waals surface area contributed by atoms with Crippen LogP contribution in [-0.4, -0.2) is 30.4 Å². The van der Waals surface area contributed by atoms with E-state index in [0.717, 1.165) is 41.1 Å². The van der Waals surface area contributed by atoms with Gasteiger partial charge < -0.3 is 10.2 Å². The minimum atomic E-state index is -4.45. The molecule has 0 unspecified atom stereocenters. The zero-order valence-corrected chi connectivity index (χ0v) is 16.1. The summed E-state index contributed by atoms with van der Waals surface area (Å²) in [4.78, 5) is 1.99.